The highest BCUT2D eigenvalue weighted by molar-refractivity contribution is 6.12. The Kier molecular flexibility index (Phi) is 5.47. The van der Waals surface area contributed by atoms with Crippen LogP contribution in [0.3, 0.4) is 0 Å². The number of hydrogen-bond acceptors (Lipinski definition) is 4. The van der Waals surface area contributed by atoms with Gasteiger partial charge in [0, 0.05) is 17.1 Å². The van der Waals surface area contributed by atoms with Gasteiger partial charge in [0.05, 0.1) is 23.4 Å². The molecule has 0 aliphatic heterocycles. The van der Waals surface area contributed by atoms with Gasteiger partial charge in [0.15, 0.2) is 0 Å². The van der Waals surface area contributed by atoms with Crippen LogP contribution in [0.15, 0.2) is 79.0 Å². The molecular formula is C24H21N3O2. The van der Waals surface area contributed by atoms with Gasteiger partial charge in [-0.2, -0.15) is 0 Å². The molecule has 0 saturated heterocycles. The third kappa shape index (κ3) is 4.24. The first-order valence-electron chi connectivity index (χ1n) is 9.60. The number of aromatic nitrogens is 2. The van der Waals surface area contributed by atoms with E-state index < -0.39 is 0 Å². The number of anilines is 1. The maximum Gasteiger partial charge on any atom is 0.257 e. The molecule has 29 heavy (non-hydrogen) atoms. The second kappa shape index (κ2) is 8.52. The number of nitrogens with zero attached hydrogens (tertiary/aromatic N) is 2. The molecule has 0 saturated carbocycles. The molecule has 0 radical (unpaired) electrons. The Labute approximate surface area is 169 Å². The number of carbonyl (C=O) groups excluding carboxylic acids is 1. The van der Waals surface area contributed by atoms with Crippen molar-refractivity contribution in [2.24, 2.45) is 0 Å². The summed E-state index contributed by atoms with van der Waals surface area (Å²) in [6.07, 6.45) is 2.61. The van der Waals surface area contributed by atoms with Crippen molar-refractivity contribution in [1.29, 1.82) is 0 Å². The van der Waals surface area contributed by atoms with E-state index in [2.05, 4.69) is 17.2 Å². The van der Waals surface area contributed by atoms with Crippen molar-refractivity contribution in [3.63, 3.8) is 0 Å². The van der Waals surface area contributed by atoms with Crippen LogP contribution in [-0.4, -0.2) is 22.5 Å². The van der Waals surface area contributed by atoms with Crippen LogP contribution in [0.2, 0.25) is 0 Å². The molecular weight excluding hydrogens is 362 g/mol. The van der Waals surface area contributed by atoms with Crippen LogP contribution >= 0.6 is 0 Å². The van der Waals surface area contributed by atoms with Crippen molar-refractivity contribution in [1.82, 2.24) is 9.97 Å². The second-order valence-corrected chi connectivity index (χ2v) is 6.61. The largest absolute Gasteiger partial charge is 0.494 e. The molecule has 2 aromatic heterocycles. The molecule has 2 aromatic carbocycles. The maximum atomic E-state index is 13.0. The molecule has 0 aliphatic carbocycles. The van der Waals surface area contributed by atoms with Crippen molar-refractivity contribution in [2.45, 2.75) is 13.3 Å². The molecule has 0 spiro atoms. The molecule has 144 valence electrons. The number of fused-ring (bicyclic) bond motifs is 1. The average molecular weight is 383 g/mol. The molecule has 0 atom stereocenters. The van der Waals surface area contributed by atoms with Gasteiger partial charge in [-0.15, -0.1) is 0 Å². The summed E-state index contributed by atoms with van der Waals surface area (Å²) in [5.41, 5.74) is 2.98. The number of rotatable bonds is 6. The average Bonchev–Trinajstić information content (AvgIpc) is 2.78. The normalized spacial score (nSPS) is 10.7. The standard InChI is InChI=1S/C24H21N3O2/c1-2-15-29-18-12-10-17(11-13-18)22-16-20(19-7-3-4-8-21(19)26-22)24(28)27-23-9-5-6-14-25-23/h3-14,16H,2,15H2,1H3,(H,25,27,28). The summed E-state index contributed by atoms with van der Waals surface area (Å²) in [5.74, 6) is 1.12. The number of ether oxygens (including phenoxy) is 1. The van der Waals surface area contributed by atoms with Gasteiger partial charge in [0.25, 0.3) is 5.91 Å². The molecule has 1 amide bonds. The Morgan fingerprint density at radius 3 is 2.55 bits per heavy atom. The summed E-state index contributed by atoms with van der Waals surface area (Å²) >= 11 is 0. The zero-order valence-corrected chi connectivity index (χ0v) is 16.1. The first kappa shape index (κ1) is 18.6. The number of pyridine rings is 2. The number of benzene rings is 2. The molecule has 0 bridgehead atoms. The predicted octanol–water partition coefficient (Wildman–Crippen LogP) is 5.34. The molecule has 4 aromatic rings. The van der Waals surface area contributed by atoms with Crippen molar-refractivity contribution in [2.75, 3.05) is 11.9 Å². The lowest BCUT2D eigenvalue weighted by atomic mass is 10.0. The van der Waals surface area contributed by atoms with Gasteiger partial charge in [-0.1, -0.05) is 31.2 Å². The third-order valence-corrected chi connectivity index (χ3v) is 4.49. The number of para-hydroxylation sites is 1. The van der Waals surface area contributed by atoms with Gasteiger partial charge in [-0.25, -0.2) is 9.97 Å². The van der Waals surface area contributed by atoms with Crippen molar-refractivity contribution >= 4 is 22.6 Å². The van der Waals surface area contributed by atoms with Crippen molar-refractivity contribution in [3.8, 4) is 17.0 Å². The van der Waals surface area contributed by atoms with Crippen LogP contribution in [0.25, 0.3) is 22.2 Å². The summed E-state index contributed by atoms with van der Waals surface area (Å²) < 4.78 is 5.65. The van der Waals surface area contributed by atoms with Gasteiger partial charge in [-0.3, -0.25) is 4.79 Å². The van der Waals surface area contributed by atoms with Crippen LogP contribution in [0.1, 0.15) is 23.7 Å². The Bertz CT molecular complexity index is 1130. The van der Waals surface area contributed by atoms with E-state index >= 15 is 0 Å². The van der Waals surface area contributed by atoms with Crippen LogP contribution in [0.5, 0.6) is 5.75 Å². The summed E-state index contributed by atoms with van der Waals surface area (Å²) in [4.78, 5) is 21.9. The van der Waals surface area contributed by atoms with Gasteiger partial charge < -0.3 is 10.1 Å². The smallest absolute Gasteiger partial charge is 0.257 e. The van der Waals surface area contributed by atoms with Crippen LogP contribution < -0.4 is 10.1 Å². The zero-order valence-electron chi connectivity index (χ0n) is 16.1. The Balaban J connectivity index is 1.71. The monoisotopic (exact) mass is 383 g/mol. The van der Waals surface area contributed by atoms with E-state index in [1.807, 2.05) is 66.7 Å². The first-order valence-corrected chi connectivity index (χ1v) is 9.60. The lowest BCUT2D eigenvalue weighted by molar-refractivity contribution is 0.102. The highest BCUT2D eigenvalue weighted by Gasteiger charge is 2.14. The highest BCUT2D eigenvalue weighted by atomic mass is 16.5. The first-order chi connectivity index (χ1) is 14.2. The Morgan fingerprint density at radius 1 is 1.00 bits per heavy atom. The fraction of sp³-hybridized carbons (Fsp3) is 0.125. The minimum absolute atomic E-state index is 0.216. The summed E-state index contributed by atoms with van der Waals surface area (Å²) in [6.45, 7) is 2.76. The second-order valence-electron chi connectivity index (χ2n) is 6.61. The fourth-order valence-corrected chi connectivity index (χ4v) is 3.07. The predicted molar refractivity (Wildman–Crippen MR) is 115 cm³/mol. The van der Waals surface area contributed by atoms with E-state index in [1.54, 1.807) is 12.3 Å². The van der Waals surface area contributed by atoms with E-state index in [-0.39, 0.29) is 5.91 Å². The molecule has 0 unspecified atom stereocenters. The number of amides is 1. The topological polar surface area (TPSA) is 64.1 Å². The summed E-state index contributed by atoms with van der Waals surface area (Å²) in [5, 5.41) is 3.66. The quantitative estimate of drug-likeness (QED) is 0.488. The zero-order chi connectivity index (χ0) is 20.1. The van der Waals surface area contributed by atoms with Gasteiger partial charge >= 0.3 is 0 Å². The summed E-state index contributed by atoms with van der Waals surface area (Å²) in [6, 6.07) is 22.6. The van der Waals surface area contributed by atoms with Crippen LogP contribution in [-0.2, 0) is 0 Å². The highest BCUT2D eigenvalue weighted by Crippen LogP contribution is 2.27. The SMILES string of the molecule is CCCOc1ccc(-c2cc(C(=O)Nc3ccccn3)c3ccccc3n2)cc1. The van der Waals surface area contributed by atoms with Crippen LogP contribution in [0, 0.1) is 0 Å². The van der Waals surface area contributed by atoms with E-state index in [1.165, 1.54) is 0 Å². The minimum Gasteiger partial charge on any atom is -0.494 e. The third-order valence-electron chi connectivity index (χ3n) is 4.49. The van der Waals surface area contributed by atoms with Gasteiger partial charge in [0.1, 0.15) is 11.6 Å². The molecule has 2 heterocycles. The van der Waals surface area contributed by atoms with E-state index in [0.29, 0.717) is 18.0 Å². The van der Waals surface area contributed by atoms with E-state index in [4.69, 9.17) is 9.72 Å². The van der Waals surface area contributed by atoms with E-state index in [9.17, 15) is 4.79 Å². The van der Waals surface area contributed by atoms with Crippen molar-refractivity contribution in [3.05, 3.63) is 84.6 Å². The molecule has 0 fully saturated rings. The molecule has 5 heteroatoms. The van der Waals surface area contributed by atoms with Gasteiger partial charge in [-0.05, 0) is 55.0 Å². The number of nitrogens with one attached hydrogen (secondary N) is 1. The molecule has 5 nitrogen and oxygen atoms in total. The molecule has 1 N–H and O–H groups in total. The molecule has 0 aliphatic rings. The molecule has 4 rings (SSSR count). The van der Waals surface area contributed by atoms with Gasteiger partial charge in [0.2, 0.25) is 0 Å². The Hall–Kier alpha value is -3.73. The number of carbonyl (C=O) groups is 1. The van der Waals surface area contributed by atoms with Crippen molar-refractivity contribution < 1.29 is 9.53 Å². The lowest BCUT2D eigenvalue weighted by Crippen LogP contribution is -2.14. The lowest BCUT2D eigenvalue weighted by Gasteiger charge is -2.11. The van der Waals surface area contributed by atoms with E-state index in [0.717, 1.165) is 34.3 Å². The van der Waals surface area contributed by atoms with Crippen LogP contribution in [0.4, 0.5) is 5.82 Å². The summed E-state index contributed by atoms with van der Waals surface area (Å²) in [7, 11) is 0. The minimum atomic E-state index is -0.216. The Morgan fingerprint density at radius 2 is 1.79 bits per heavy atom. The number of hydrogen-bond donors (Lipinski definition) is 1. The fourth-order valence-electron chi connectivity index (χ4n) is 3.07. The maximum absolute atomic E-state index is 13.0.